The molecule has 1 aromatic carbocycles. The molecule has 1 radical (unpaired) electrons. The maximum Gasteiger partial charge on any atom is 0.408 e. The molecule has 16 heavy (non-hydrogen) atoms. The van der Waals surface area contributed by atoms with E-state index in [4.69, 9.17) is 4.74 Å². The zero-order valence-electron chi connectivity index (χ0n) is 9.22. The second-order valence-corrected chi connectivity index (χ2v) is 3.76. The molecular weight excluding hydrogens is 204 g/mol. The lowest BCUT2D eigenvalue weighted by Crippen LogP contribution is -2.31. The Balaban J connectivity index is 2.06. The van der Waals surface area contributed by atoms with Crippen LogP contribution in [0.15, 0.2) is 30.3 Å². The summed E-state index contributed by atoms with van der Waals surface area (Å²) in [5.74, 6) is 0.193. The molecule has 0 saturated carbocycles. The van der Waals surface area contributed by atoms with Gasteiger partial charge in [-0.1, -0.05) is 30.3 Å². The van der Waals surface area contributed by atoms with Crippen LogP contribution in [-0.2, 0) is 4.74 Å². The molecule has 1 saturated heterocycles. The van der Waals surface area contributed by atoms with Gasteiger partial charge in [0.2, 0.25) is 0 Å². The van der Waals surface area contributed by atoms with Crippen LogP contribution >= 0.6 is 0 Å². The number of nitrogens with one attached hydrogen (secondary N) is 1. The Morgan fingerprint density at radius 1 is 1.44 bits per heavy atom. The highest BCUT2D eigenvalue weighted by Crippen LogP contribution is 2.29. The number of rotatable bonds is 2. The van der Waals surface area contributed by atoms with Crippen molar-refractivity contribution in [3.63, 3.8) is 0 Å². The van der Waals surface area contributed by atoms with E-state index in [9.17, 15) is 4.79 Å². The maximum atomic E-state index is 11.2. The highest BCUT2D eigenvalue weighted by Gasteiger charge is 2.32. The quantitative estimate of drug-likeness (QED) is 0.818. The molecule has 1 heterocycles. The molecule has 1 aliphatic heterocycles. The summed E-state index contributed by atoms with van der Waals surface area (Å²) in [6, 6.07) is 10.1. The minimum atomic E-state index is -0.420. The van der Waals surface area contributed by atoms with E-state index in [0.29, 0.717) is 0 Å². The molecule has 0 unspecified atom stereocenters. The molecule has 4 heteroatoms. The van der Waals surface area contributed by atoms with Crippen molar-refractivity contribution >= 4 is 6.09 Å². The summed E-state index contributed by atoms with van der Waals surface area (Å²) in [4.78, 5) is 11.2. The summed E-state index contributed by atoms with van der Waals surface area (Å²) < 4.78 is 5.21. The highest BCUT2D eigenvalue weighted by atomic mass is 16.6. The first-order valence-corrected chi connectivity index (χ1v) is 5.41. The Morgan fingerprint density at radius 2 is 2.19 bits per heavy atom. The fourth-order valence-corrected chi connectivity index (χ4v) is 1.93. The van der Waals surface area contributed by atoms with Crippen LogP contribution in [0.3, 0.4) is 0 Å². The molecule has 0 aliphatic carbocycles. The van der Waals surface area contributed by atoms with E-state index >= 15 is 0 Å². The molecule has 0 bridgehead atoms. The van der Waals surface area contributed by atoms with E-state index in [2.05, 4.69) is 10.6 Å². The fraction of sp³-hybridized carbons (Fsp3) is 0.417. The lowest BCUT2D eigenvalue weighted by atomic mass is 9.97. The van der Waals surface area contributed by atoms with Gasteiger partial charge in [0, 0.05) is 19.5 Å². The van der Waals surface area contributed by atoms with Crippen molar-refractivity contribution in [2.45, 2.75) is 18.6 Å². The predicted molar refractivity (Wildman–Crippen MR) is 60.1 cm³/mol. The summed E-state index contributed by atoms with van der Waals surface area (Å²) in [7, 11) is 1.55. The molecule has 4 nitrogen and oxygen atoms in total. The van der Waals surface area contributed by atoms with E-state index in [1.807, 2.05) is 30.3 Å². The average Bonchev–Trinajstić information content (AvgIpc) is 2.78. The Bertz CT molecular complexity index is 353. The van der Waals surface area contributed by atoms with Gasteiger partial charge in [-0.05, 0) is 12.0 Å². The topological polar surface area (TPSA) is 52.4 Å². The predicted octanol–water partition coefficient (Wildman–Crippen LogP) is 1.46. The standard InChI is InChI=1S/C12H15N2O2/c1-13-12(15)16-11-10(7-8-14-11)9-5-3-2-4-6-9/h2-6,10-11H,7-8H2,1H3,(H,13,15)/t10-,11+/m1/s1. The Hall–Kier alpha value is -1.55. The van der Waals surface area contributed by atoms with Crippen LogP contribution in [-0.4, -0.2) is 25.9 Å². The van der Waals surface area contributed by atoms with Crippen molar-refractivity contribution in [2.75, 3.05) is 13.6 Å². The van der Waals surface area contributed by atoms with Crippen LogP contribution in [0.25, 0.3) is 0 Å². The number of benzene rings is 1. The van der Waals surface area contributed by atoms with Gasteiger partial charge < -0.3 is 10.1 Å². The van der Waals surface area contributed by atoms with Gasteiger partial charge in [-0.25, -0.2) is 4.79 Å². The van der Waals surface area contributed by atoms with Gasteiger partial charge in [-0.3, -0.25) is 0 Å². The number of nitrogens with zero attached hydrogens (tertiary/aromatic N) is 1. The SMILES string of the molecule is CNC(=O)O[C@@H]1[N]CC[C@@H]1c1ccccc1. The number of hydrogen-bond donors (Lipinski definition) is 1. The number of ether oxygens (including phenoxy) is 1. The van der Waals surface area contributed by atoms with E-state index in [0.717, 1.165) is 13.0 Å². The zero-order chi connectivity index (χ0) is 11.4. The van der Waals surface area contributed by atoms with Crippen molar-refractivity contribution < 1.29 is 9.53 Å². The molecule has 1 aliphatic rings. The average molecular weight is 219 g/mol. The molecule has 2 atom stereocenters. The molecule has 1 fully saturated rings. The van der Waals surface area contributed by atoms with E-state index < -0.39 is 6.09 Å². The summed E-state index contributed by atoms with van der Waals surface area (Å²) in [5, 5.41) is 6.74. The van der Waals surface area contributed by atoms with Crippen molar-refractivity contribution in [3.8, 4) is 0 Å². The van der Waals surface area contributed by atoms with Gasteiger partial charge in [0.05, 0.1) is 0 Å². The molecule has 0 spiro atoms. The van der Waals surface area contributed by atoms with Gasteiger partial charge in [0.1, 0.15) is 0 Å². The number of amides is 1. The summed E-state index contributed by atoms with van der Waals surface area (Å²) in [6.07, 6.45) is 0.171. The first kappa shape index (κ1) is 11.0. The monoisotopic (exact) mass is 219 g/mol. The first-order chi connectivity index (χ1) is 7.81. The lowest BCUT2D eigenvalue weighted by molar-refractivity contribution is 0.0797. The largest absolute Gasteiger partial charge is 0.428 e. The second-order valence-electron chi connectivity index (χ2n) is 3.76. The number of alkyl carbamates (subject to hydrolysis) is 1. The fourth-order valence-electron chi connectivity index (χ4n) is 1.93. The van der Waals surface area contributed by atoms with Crippen LogP contribution in [0, 0.1) is 0 Å². The van der Waals surface area contributed by atoms with E-state index in [1.54, 1.807) is 7.05 Å². The molecule has 1 amide bonds. The molecule has 85 valence electrons. The molecule has 1 N–H and O–H groups in total. The Morgan fingerprint density at radius 3 is 2.88 bits per heavy atom. The van der Waals surface area contributed by atoms with Crippen LogP contribution in [0.1, 0.15) is 17.9 Å². The third-order valence-corrected chi connectivity index (χ3v) is 2.75. The van der Waals surface area contributed by atoms with E-state index in [1.165, 1.54) is 5.56 Å². The molecular formula is C12H15N2O2. The zero-order valence-corrected chi connectivity index (χ0v) is 9.22. The maximum absolute atomic E-state index is 11.2. The van der Waals surface area contributed by atoms with Crippen molar-refractivity contribution in [3.05, 3.63) is 35.9 Å². The Kier molecular flexibility index (Phi) is 3.41. The third kappa shape index (κ3) is 2.33. The highest BCUT2D eigenvalue weighted by molar-refractivity contribution is 5.67. The van der Waals surface area contributed by atoms with Crippen molar-refractivity contribution in [1.29, 1.82) is 0 Å². The first-order valence-electron chi connectivity index (χ1n) is 5.41. The van der Waals surface area contributed by atoms with Crippen LogP contribution in [0.5, 0.6) is 0 Å². The summed E-state index contributed by atoms with van der Waals surface area (Å²) in [5.41, 5.74) is 1.18. The lowest BCUT2D eigenvalue weighted by Gasteiger charge is -2.18. The van der Waals surface area contributed by atoms with Crippen LogP contribution in [0.2, 0.25) is 0 Å². The molecule has 1 aromatic rings. The van der Waals surface area contributed by atoms with Gasteiger partial charge >= 0.3 is 6.09 Å². The van der Waals surface area contributed by atoms with E-state index in [-0.39, 0.29) is 12.1 Å². The molecule has 2 rings (SSSR count). The van der Waals surface area contributed by atoms with Crippen LogP contribution < -0.4 is 10.6 Å². The Labute approximate surface area is 95.0 Å². The molecule has 0 aromatic heterocycles. The van der Waals surface area contributed by atoms with Crippen LogP contribution in [0.4, 0.5) is 4.79 Å². The van der Waals surface area contributed by atoms with Gasteiger partial charge in [-0.15, -0.1) is 0 Å². The number of carbonyl (C=O) groups excluding carboxylic acids is 1. The summed E-state index contributed by atoms with van der Waals surface area (Å²) >= 11 is 0. The minimum absolute atomic E-state index is 0.193. The summed E-state index contributed by atoms with van der Waals surface area (Å²) in [6.45, 7) is 0.751. The second kappa shape index (κ2) is 4.99. The van der Waals surface area contributed by atoms with Gasteiger partial charge in [0.15, 0.2) is 6.23 Å². The third-order valence-electron chi connectivity index (χ3n) is 2.75. The van der Waals surface area contributed by atoms with Crippen molar-refractivity contribution in [2.24, 2.45) is 0 Å². The number of carbonyl (C=O) groups is 1. The van der Waals surface area contributed by atoms with Gasteiger partial charge in [0.25, 0.3) is 0 Å². The minimum Gasteiger partial charge on any atom is -0.428 e. The smallest absolute Gasteiger partial charge is 0.408 e. The van der Waals surface area contributed by atoms with Crippen molar-refractivity contribution in [1.82, 2.24) is 10.6 Å². The normalized spacial score (nSPS) is 24.1. The number of hydrogen-bond acceptors (Lipinski definition) is 2. The van der Waals surface area contributed by atoms with Gasteiger partial charge in [-0.2, -0.15) is 5.32 Å².